The number of hydrogen-bond acceptors (Lipinski definition) is 4. The molecular weight excluding hydrogens is 234 g/mol. The second kappa shape index (κ2) is 6.61. The van der Waals surface area contributed by atoms with E-state index in [1.807, 2.05) is 0 Å². The third-order valence-corrected chi connectivity index (χ3v) is 3.64. The SMILES string of the molecule is CC(C)N(Cc1cccs1)C(C)C/C(N)=N/O. The zero-order valence-corrected chi connectivity index (χ0v) is 11.4. The van der Waals surface area contributed by atoms with Gasteiger partial charge in [0.25, 0.3) is 0 Å². The molecule has 0 aliphatic heterocycles. The minimum Gasteiger partial charge on any atom is -0.409 e. The van der Waals surface area contributed by atoms with Gasteiger partial charge in [-0.15, -0.1) is 11.3 Å². The summed E-state index contributed by atoms with van der Waals surface area (Å²) in [5.74, 6) is 0.286. The molecule has 0 aliphatic carbocycles. The van der Waals surface area contributed by atoms with Crippen LogP contribution < -0.4 is 5.73 Å². The highest BCUT2D eigenvalue weighted by Crippen LogP contribution is 2.17. The highest BCUT2D eigenvalue weighted by Gasteiger charge is 2.19. The lowest BCUT2D eigenvalue weighted by atomic mass is 10.1. The van der Waals surface area contributed by atoms with Gasteiger partial charge in [0.2, 0.25) is 0 Å². The number of thiophene rings is 1. The molecular formula is C12H21N3OS. The third kappa shape index (κ3) is 4.36. The Labute approximate surface area is 107 Å². The lowest BCUT2D eigenvalue weighted by molar-refractivity contribution is 0.159. The monoisotopic (exact) mass is 255 g/mol. The van der Waals surface area contributed by atoms with Crippen molar-refractivity contribution in [2.75, 3.05) is 0 Å². The molecule has 0 fully saturated rings. The van der Waals surface area contributed by atoms with Gasteiger partial charge in [0, 0.05) is 29.9 Å². The van der Waals surface area contributed by atoms with Crippen LogP contribution in [0, 0.1) is 0 Å². The van der Waals surface area contributed by atoms with Crippen LogP contribution in [0.25, 0.3) is 0 Å². The number of hydrogen-bond donors (Lipinski definition) is 2. The van der Waals surface area contributed by atoms with Crippen LogP contribution in [-0.2, 0) is 6.54 Å². The molecule has 0 aromatic carbocycles. The number of amidine groups is 1. The first-order valence-electron chi connectivity index (χ1n) is 5.79. The number of nitrogens with two attached hydrogens (primary N) is 1. The molecule has 1 aromatic heterocycles. The molecule has 3 N–H and O–H groups in total. The molecule has 5 heteroatoms. The van der Waals surface area contributed by atoms with Crippen LogP contribution in [0.4, 0.5) is 0 Å². The minimum absolute atomic E-state index is 0.257. The molecule has 1 atom stereocenters. The van der Waals surface area contributed by atoms with Gasteiger partial charge >= 0.3 is 0 Å². The van der Waals surface area contributed by atoms with Gasteiger partial charge in [0.15, 0.2) is 0 Å². The van der Waals surface area contributed by atoms with Crippen molar-refractivity contribution in [3.63, 3.8) is 0 Å². The van der Waals surface area contributed by atoms with Crippen molar-refractivity contribution in [3.05, 3.63) is 22.4 Å². The largest absolute Gasteiger partial charge is 0.409 e. The Morgan fingerprint density at radius 3 is 2.71 bits per heavy atom. The van der Waals surface area contributed by atoms with Gasteiger partial charge in [-0.25, -0.2) is 0 Å². The van der Waals surface area contributed by atoms with Crippen LogP contribution >= 0.6 is 11.3 Å². The molecule has 17 heavy (non-hydrogen) atoms. The summed E-state index contributed by atoms with van der Waals surface area (Å²) in [7, 11) is 0. The van der Waals surface area contributed by atoms with E-state index in [2.05, 4.69) is 48.3 Å². The fraction of sp³-hybridized carbons (Fsp3) is 0.583. The number of rotatable bonds is 6. The zero-order chi connectivity index (χ0) is 12.8. The van der Waals surface area contributed by atoms with Crippen LogP contribution in [-0.4, -0.2) is 28.0 Å². The van der Waals surface area contributed by atoms with Crippen LogP contribution in [0.1, 0.15) is 32.1 Å². The van der Waals surface area contributed by atoms with Crippen molar-refractivity contribution < 1.29 is 5.21 Å². The highest BCUT2D eigenvalue weighted by molar-refractivity contribution is 7.09. The van der Waals surface area contributed by atoms with Crippen molar-refractivity contribution >= 4 is 17.2 Å². The van der Waals surface area contributed by atoms with Gasteiger partial charge in [-0.2, -0.15) is 0 Å². The Hall–Kier alpha value is -1.07. The van der Waals surface area contributed by atoms with Crippen molar-refractivity contribution in [2.24, 2.45) is 10.9 Å². The third-order valence-electron chi connectivity index (χ3n) is 2.78. The van der Waals surface area contributed by atoms with Gasteiger partial charge in [0.1, 0.15) is 5.84 Å². The topological polar surface area (TPSA) is 61.8 Å². The van der Waals surface area contributed by atoms with E-state index in [4.69, 9.17) is 10.9 Å². The Morgan fingerprint density at radius 1 is 1.53 bits per heavy atom. The lowest BCUT2D eigenvalue weighted by Gasteiger charge is -2.32. The van der Waals surface area contributed by atoms with E-state index in [1.165, 1.54) is 4.88 Å². The Bertz CT molecular complexity index is 349. The predicted molar refractivity (Wildman–Crippen MR) is 72.5 cm³/mol. The maximum Gasteiger partial charge on any atom is 0.140 e. The van der Waals surface area contributed by atoms with Gasteiger partial charge in [-0.05, 0) is 32.2 Å². The molecule has 1 unspecified atom stereocenters. The van der Waals surface area contributed by atoms with E-state index in [0.717, 1.165) is 6.54 Å². The van der Waals surface area contributed by atoms with E-state index in [0.29, 0.717) is 12.5 Å². The first-order valence-corrected chi connectivity index (χ1v) is 6.67. The molecule has 0 amide bonds. The molecule has 0 spiro atoms. The van der Waals surface area contributed by atoms with Gasteiger partial charge in [0.05, 0.1) is 0 Å². The average Bonchev–Trinajstić information content (AvgIpc) is 2.77. The molecule has 0 bridgehead atoms. The highest BCUT2D eigenvalue weighted by atomic mass is 32.1. The molecule has 4 nitrogen and oxygen atoms in total. The van der Waals surface area contributed by atoms with Crippen molar-refractivity contribution in [1.29, 1.82) is 0 Å². The summed E-state index contributed by atoms with van der Waals surface area (Å²) in [5, 5.41) is 13.7. The normalized spacial score (nSPS) is 14.5. The van der Waals surface area contributed by atoms with Crippen LogP contribution in [0.15, 0.2) is 22.7 Å². The maximum absolute atomic E-state index is 8.61. The Morgan fingerprint density at radius 2 is 2.24 bits per heavy atom. The first kappa shape index (κ1) is 14.0. The fourth-order valence-electron chi connectivity index (χ4n) is 1.89. The first-order chi connectivity index (χ1) is 8.04. The van der Waals surface area contributed by atoms with Crippen LogP contribution in [0.2, 0.25) is 0 Å². The van der Waals surface area contributed by atoms with Crippen molar-refractivity contribution in [2.45, 2.75) is 45.8 Å². The number of oxime groups is 1. The summed E-state index contributed by atoms with van der Waals surface area (Å²) in [6.45, 7) is 7.34. The summed E-state index contributed by atoms with van der Waals surface area (Å²) in [4.78, 5) is 3.69. The maximum atomic E-state index is 8.61. The summed E-state index contributed by atoms with van der Waals surface area (Å²) < 4.78 is 0. The van der Waals surface area contributed by atoms with Crippen molar-refractivity contribution in [1.82, 2.24) is 4.90 Å². The van der Waals surface area contributed by atoms with E-state index >= 15 is 0 Å². The van der Waals surface area contributed by atoms with E-state index in [-0.39, 0.29) is 11.9 Å². The summed E-state index contributed by atoms with van der Waals surface area (Å²) >= 11 is 1.76. The summed E-state index contributed by atoms with van der Waals surface area (Å²) in [5.41, 5.74) is 5.56. The molecule has 0 saturated carbocycles. The summed E-state index contributed by atoms with van der Waals surface area (Å²) in [6, 6.07) is 4.88. The predicted octanol–water partition coefficient (Wildman–Crippen LogP) is 2.48. The second-order valence-corrected chi connectivity index (χ2v) is 5.52. The molecule has 1 heterocycles. The Kier molecular flexibility index (Phi) is 5.44. The smallest absolute Gasteiger partial charge is 0.140 e. The quantitative estimate of drug-likeness (QED) is 0.355. The van der Waals surface area contributed by atoms with Crippen molar-refractivity contribution in [3.8, 4) is 0 Å². The molecule has 0 saturated heterocycles. The van der Waals surface area contributed by atoms with Crippen LogP contribution in [0.5, 0.6) is 0 Å². The molecule has 96 valence electrons. The van der Waals surface area contributed by atoms with Crippen LogP contribution in [0.3, 0.4) is 0 Å². The summed E-state index contributed by atoms with van der Waals surface area (Å²) in [6.07, 6.45) is 0.583. The van der Waals surface area contributed by atoms with E-state index < -0.39 is 0 Å². The molecule has 0 radical (unpaired) electrons. The van der Waals surface area contributed by atoms with E-state index in [9.17, 15) is 0 Å². The second-order valence-electron chi connectivity index (χ2n) is 4.49. The average molecular weight is 255 g/mol. The Balaban J connectivity index is 2.65. The lowest BCUT2D eigenvalue weighted by Crippen LogP contribution is -2.40. The minimum atomic E-state index is 0.257. The molecule has 0 aliphatic rings. The van der Waals surface area contributed by atoms with Gasteiger partial charge in [-0.3, -0.25) is 4.90 Å². The number of nitrogens with zero attached hydrogens (tertiary/aromatic N) is 2. The van der Waals surface area contributed by atoms with E-state index in [1.54, 1.807) is 11.3 Å². The molecule has 1 aromatic rings. The standard InChI is InChI=1S/C12H21N3OS/c1-9(2)15(8-11-5-4-6-17-11)10(3)7-12(13)14-16/h4-6,9-10,16H,7-8H2,1-3H3,(H2,13,14). The fourth-order valence-corrected chi connectivity index (χ4v) is 2.60. The van der Waals surface area contributed by atoms with Gasteiger partial charge < -0.3 is 10.9 Å². The molecule has 1 rings (SSSR count). The van der Waals surface area contributed by atoms with Gasteiger partial charge in [-0.1, -0.05) is 11.2 Å². The zero-order valence-electron chi connectivity index (χ0n) is 10.6.